The van der Waals surface area contributed by atoms with Gasteiger partial charge >= 0.3 is 0 Å². The maximum atomic E-state index is 12.4. The molecule has 0 spiro atoms. The molecule has 3 rings (SSSR count). The molecule has 1 aliphatic carbocycles. The molecule has 1 N–H and O–H groups in total. The summed E-state index contributed by atoms with van der Waals surface area (Å²) in [6.07, 6.45) is 2.63. The molecule has 0 unspecified atom stereocenters. The molecule has 2 atom stereocenters. The number of rotatable bonds is 4. The molecule has 1 heterocycles. The Balaban J connectivity index is 1.78. The number of nitrogens with one attached hydrogen (secondary N) is 1. The van der Waals surface area contributed by atoms with Gasteiger partial charge in [0.1, 0.15) is 23.2 Å². The SMILES string of the molecule is Cc1cccc(NC(=O)/C(C#N)=C/c2ccc([C@H]3C[C@@H]3C)o2)c1C. The van der Waals surface area contributed by atoms with E-state index in [-0.39, 0.29) is 5.57 Å². The summed E-state index contributed by atoms with van der Waals surface area (Å²) in [7, 11) is 0. The molecule has 4 nitrogen and oxygen atoms in total. The van der Waals surface area contributed by atoms with Gasteiger partial charge in [0.05, 0.1) is 0 Å². The van der Waals surface area contributed by atoms with E-state index in [1.54, 1.807) is 0 Å². The van der Waals surface area contributed by atoms with Gasteiger partial charge in [-0.25, -0.2) is 0 Å². The summed E-state index contributed by atoms with van der Waals surface area (Å²) in [5.74, 6) is 2.17. The van der Waals surface area contributed by atoms with Crippen LogP contribution in [0.4, 0.5) is 5.69 Å². The summed E-state index contributed by atoms with van der Waals surface area (Å²) < 4.78 is 5.75. The fraction of sp³-hybridized carbons (Fsp3) is 0.300. The minimum absolute atomic E-state index is 0.0284. The lowest BCUT2D eigenvalue weighted by molar-refractivity contribution is -0.112. The van der Waals surface area contributed by atoms with Crippen molar-refractivity contribution in [3.05, 3.63) is 58.6 Å². The van der Waals surface area contributed by atoms with E-state index >= 15 is 0 Å². The van der Waals surface area contributed by atoms with E-state index in [9.17, 15) is 10.1 Å². The lowest BCUT2D eigenvalue weighted by Gasteiger charge is -2.09. The predicted molar refractivity (Wildman–Crippen MR) is 93.4 cm³/mol. The number of carbonyl (C=O) groups is 1. The van der Waals surface area contributed by atoms with Crippen molar-refractivity contribution in [2.45, 2.75) is 33.1 Å². The molecule has 122 valence electrons. The van der Waals surface area contributed by atoms with Crippen LogP contribution in [0.2, 0.25) is 0 Å². The van der Waals surface area contributed by atoms with Crippen LogP contribution in [-0.2, 0) is 4.79 Å². The lowest BCUT2D eigenvalue weighted by atomic mass is 10.1. The molecule has 0 bridgehead atoms. The third kappa shape index (κ3) is 3.26. The second-order valence-corrected chi connectivity index (χ2v) is 6.43. The Bertz CT molecular complexity index is 855. The normalized spacial score (nSPS) is 19.7. The fourth-order valence-corrected chi connectivity index (χ4v) is 2.73. The molecule has 1 amide bonds. The number of anilines is 1. The molecule has 4 heteroatoms. The summed E-state index contributed by atoms with van der Waals surface area (Å²) in [5.41, 5.74) is 2.82. The third-order valence-corrected chi connectivity index (χ3v) is 4.63. The Morgan fingerprint density at radius 1 is 1.33 bits per heavy atom. The molecule has 1 aliphatic rings. The Hall–Kier alpha value is -2.80. The molecule has 2 aromatic rings. The zero-order valence-electron chi connectivity index (χ0n) is 14.1. The van der Waals surface area contributed by atoms with Gasteiger partial charge in [0.2, 0.25) is 0 Å². The lowest BCUT2D eigenvalue weighted by Crippen LogP contribution is -2.14. The predicted octanol–water partition coefficient (Wildman–Crippen LogP) is 4.57. The molecule has 1 aromatic heterocycles. The number of furan rings is 1. The second kappa shape index (κ2) is 6.37. The minimum atomic E-state index is -0.427. The number of amides is 1. The summed E-state index contributed by atoms with van der Waals surface area (Å²) in [5, 5.41) is 12.1. The first kappa shape index (κ1) is 16.1. The Labute approximate surface area is 141 Å². The van der Waals surface area contributed by atoms with Crippen LogP contribution < -0.4 is 5.32 Å². The van der Waals surface area contributed by atoms with Gasteiger partial charge in [0.15, 0.2) is 0 Å². The smallest absolute Gasteiger partial charge is 0.266 e. The Kier molecular flexibility index (Phi) is 4.26. The molecular weight excluding hydrogens is 300 g/mol. The van der Waals surface area contributed by atoms with Gasteiger partial charge in [-0.1, -0.05) is 19.1 Å². The standard InChI is InChI=1S/C20H20N2O2/c1-12-5-4-6-18(14(12)3)22-20(23)15(11-21)10-16-7-8-19(24-16)17-9-13(17)2/h4-8,10,13,17H,9H2,1-3H3,(H,22,23)/b15-10+/t13-,17-/m0/s1. The summed E-state index contributed by atoms with van der Waals surface area (Å²) >= 11 is 0. The van der Waals surface area contributed by atoms with Crippen molar-refractivity contribution in [3.8, 4) is 6.07 Å². The number of carbonyl (C=O) groups excluding carboxylic acids is 1. The van der Waals surface area contributed by atoms with Crippen molar-refractivity contribution in [2.75, 3.05) is 5.32 Å². The zero-order chi connectivity index (χ0) is 17.3. The van der Waals surface area contributed by atoms with Crippen molar-refractivity contribution in [3.63, 3.8) is 0 Å². The van der Waals surface area contributed by atoms with E-state index in [0.29, 0.717) is 23.3 Å². The highest BCUT2D eigenvalue weighted by Gasteiger charge is 2.36. The fourth-order valence-electron chi connectivity index (χ4n) is 2.73. The van der Waals surface area contributed by atoms with Crippen LogP contribution in [0, 0.1) is 31.1 Å². The maximum Gasteiger partial charge on any atom is 0.266 e. The molecule has 1 saturated carbocycles. The summed E-state index contributed by atoms with van der Waals surface area (Å²) in [6.45, 7) is 6.10. The van der Waals surface area contributed by atoms with Gasteiger partial charge in [-0.15, -0.1) is 0 Å². The third-order valence-electron chi connectivity index (χ3n) is 4.63. The highest BCUT2D eigenvalue weighted by atomic mass is 16.3. The summed E-state index contributed by atoms with van der Waals surface area (Å²) in [6, 6.07) is 11.4. The van der Waals surface area contributed by atoms with Gasteiger partial charge in [-0.05, 0) is 55.5 Å². The maximum absolute atomic E-state index is 12.4. The van der Waals surface area contributed by atoms with Gasteiger partial charge < -0.3 is 9.73 Å². The topological polar surface area (TPSA) is 66.0 Å². The first-order valence-electron chi connectivity index (χ1n) is 8.08. The molecule has 24 heavy (non-hydrogen) atoms. The van der Waals surface area contributed by atoms with Gasteiger partial charge in [-0.3, -0.25) is 4.79 Å². The van der Waals surface area contributed by atoms with Crippen LogP contribution >= 0.6 is 0 Å². The van der Waals surface area contributed by atoms with E-state index in [4.69, 9.17) is 4.42 Å². The molecule has 0 aliphatic heterocycles. The number of nitrogens with zero attached hydrogens (tertiary/aromatic N) is 1. The van der Waals surface area contributed by atoms with Crippen molar-refractivity contribution in [1.82, 2.24) is 0 Å². The molecule has 1 fully saturated rings. The molecule has 0 saturated heterocycles. The first-order chi connectivity index (χ1) is 11.5. The van der Waals surface area contributed by atoms with E-state index in [0.717, 1.165) is 23.3 Å². The van der Waals surface area contributed by atoms with Crippen molar-refractivity contribution >= 4 is 17.7 Å². The van der Waals surface area contributed by atoms with Gasteiger partial charge in [0, 0.05) is 17.7 Å². The van der Waals surface area contributed by atoms with Gasteiger partial charge in [-0.2, -0.15) is 5.26 Å². The highest BCUT2D eigenvalue weighted by molar-refractivity contribution is 6.09. The number of aryl methyl sites for hydroxylation is 1. The van der Waals surface area contributed by atoms with Crippen molar-refractivity contribution in [1.29, 1.82) is 5.26 Å². The van der Waals surface area contributed by atoms with Crippen LogP contribution in [0.3, 0.4) is 0 Å². The Morgan fingerprint density at radius 3 is 2.75 bits per heavy atom. The minimum Gasteiger partial charge on any atom is -0.461 e. The van der Waals surface area contributed by atoms with E-state index in [1.807, 2.05) is 50.2 Å². The largest absolute Gasteiger partial charge is 0.461 e. The summed E-state index contributed by atoms with van der Waals surface area (Å²) in [4.78, 5) is 12.4. The van der Waals surface area contributed by atoms with Crippen molar-refractivity contribution in [2.24, 2.45) is 5.92 Å². The zero-order valence-corrected chi connectivity index (χ0v) is 14.1. The number of nitriles is 1. The average Bonchev–Trinajstić information content (AvgIpc) is 3.10. The van der Waals surface area contributed by atoms with E-state index in [1.165, 1.54) is 6.08 Å². The molecule has 0 radical (unpaired) electrons. The van der Waals surface area contributed by atoms with Crippen molar-refractivity contribution < 1.29 is 9.21 Å². The van der Waals surface area contributed by atoms with Gasteiger partial charge in [0.25, 0.3) is 5.91 Å². The van der Waals surface area contributed by atoms with E-state index in [2.05, 4.69) is 12.2 Å². The molecule has 1 aromatic carbocycles. The number of hydrogen-bond donors (Lipinski definition) is 1. The molecular formula is C20H20N2O2. The average molecular weight is 320 g/mol. The number of hydrogen-bond acceptors (Lipinski definition) is 3. The van der Waals surface area contributed by atoms with Crippen LogP contribution in [0.1, 0.15) is 41.9 Å². The van der Waals surface area contributed by atoms with Crippen LogP contribution in [-0.4, -0.2) is 5.91 Å². The van der Waals surface area contributed by atoms with E-state index < -0.39 is 5.91 Å². The van der Waals surface area contributed by atoms with Crippen LogP contribution in [0.15, 0.2) is 40.3 Å². The highest BCUT2D eigenvalue weighted by Crippen LogP contribution is 2.47. The monoisotopic (exact) mass is 320 g/mol. The van der Waals surface area contributed by atoms with Crippen LogP contribution in [0.5, 0.6) is 0 Å². The first-order valence-corrected chi connectivity index (χ1v) is 8.08. The van der Waals surface area contributed by atoms with Crippen LogP contribution in [0.25, 0.3) is 6.08 Å². The second-order valence-electron chi connectivity index (χ2n) is 6.43. The quantitative estimate of drug-likeness (QED) is 0.663. The Morgan fingerprint density at radius 2 is 2.08 bits per heavy atom. The number of benzene rings is 1.